The van der Waals surface area contributed by atoms with Crippen LogP contribution in [0.4, 0.5) is 0 Å². The van der Waals surface area contributed by atoms with Gasteiger partial charge in [0.05, 0.1) is 0 Å². The highest BCUT2D eigenvalue weighted by atomic mass is 32.1. The summed E-state index contributed by atoms with van der Waals surface area (Å²) >= 11 is 1.48. The molecule has 0 fully saturated rings. The number of benzene rings is 1. The van der Waals surface area contributed by atoms with Crippen molar-refractivity contribution >= 4 is 22.4 Å². The topological polar surface area (TPSA) is 28.7 Å². The first-order chi connectivity index (χ1) is 6.93. The smallest absolute Gasteiger partial charge is 0.0485 e. The van der Waals surface area contributed by atoms with Crippen molar-refractivity contribution in [3.63, 3.8) is 0 Å². The fourth-order valence-corrected chi connectivity index (χ4v) is 2.13. The lowest BCUT2D eigenvalue weighted by molar-refractivity contribution is 1.48. The van der Waals surface area contributed by atoms with Gasteiger partial charge in [-0.3, -0.25) is 0 Å². The van der Waals surface area contributed by atoms with E-state index in [4.69, 9.17) is 0 Å². The maximum Gasteiger partial charge on any atom is 0.0485 e. The van der Waals surface area contributed by atoms with Gasteiger partial charge in [0.15, 0.2) is 0 Å². The van der Waals surface area contributed by atoms with Crippen LogP contribution in [0, 0.1) is 0 Å². The second kappa shape index (κ2) is 2.96. The molecule has 0 saturated heterocycles. The predicted octanol–water partition coefficient (Wildman–Crippen LogP) is 3.29. The molecule has 2 nitrogen and oxygen atoms in total. The van der Waals surface area contributed by atoms with Crippen LogP contribution in [0.25, 0.3) is 22.0 Å². The maximum atomic E-state index is 4.10. The Bertz CT molecular complexity index is 551. The molecule has 2 aromatic heterocycles. The Balaban J connectivity index is 2.23. The SMILES string of the molecule is c1cc2cc(-c3cnsc3)ccc2[nH]1. The number of hydrogen-bond acceptors (Lipinski definition) is 2. The van der Waals surface area contributed by atoms with E-state index in [1.807, 2.05) is 12.4 Å². The average Bonchev–Trinajstić information content (AvgIpc) is 2.88. The number of rotatable bonds is 1. The third kappa shape index (κ3) is 1.14. The molecule has 68 valence electrons. The molecular formula is C11H8N2S. The lowest BCUT2D eigenvalue weighted by atomic mass is 10.1. The van der Waals surface area contributed by atoms with Gasteiger partial charge in [0.25, 0.3) is 0 Å². The molecular weight excluding hydrogens is 192 g/mol. The summed E-state index contributed by atoms with van der Waals surface area (Å²) in [4.78, 5) is 3.18. The zero-order valence-electron chi connectivity index (χ0n) is 7.40. The van der Waals surface area contributed by atoms with Gasteiger partial charge in [-0.2, -0.15) is 0 Å². The minimum atomic E-state index is 1.18. The molecule has 2 heterocycles. The summed E-state index contributed by atoms with van der Waals surface area (Å²) in [6.07, 6.45) is 3.86. The molecule has 3 rings (SSSR count). The van der Waals surface area contributed by atoms with Crippen molar-refractivity contribution in [2.75, 3.05) is 0 Å². The van der Waals surface area contributed by atoms with E-state index < -0.39 is 0 Å². The highest BCUT2D eigenvalue weighted by Gasteiger charge is 2.00. The number of aromatic nitrogens is 2. The fourth-order valence-electron chi connectivity index (χ4n) is 1.58. The third-order valence-corrected chi connectivity index (χ3v) is 2.91. The quantitative estimate of drug-likeness (QED) is 0.641. The number of nitrogens with zero attached hydrogens (tertiary/aromatic N) is 1. The zero-order valence-corrected chi connectivity index (χ0v) is 8.21. The molecule has 0 atom stereocenters. The standard InChI is InChI=1S/C11H8N2S/c1-2-11-9(3-4-12-11)5-8(1)10-6-13-14-7-10/h1-7,12H. The van der Waals surface area contributed by atoms with E-state index in [9.17, 15) is 0 Å². The highest BCUT2D eigenvalue weighted by Crippen LogP contribution is 2.24. The molecule has 0 bridgehead atoms. The Morgan fingerprint density at radius 2 is 2.14 bits per heavy atom. The summed E-state index contributed by atoms with van der Waals surface area (Å²) in [5.74, 6) is 0. The van der Waals surface area contributed by atoms with Crippen LogP contribution >= 0.6 is 11.5 Å². The minimum absolute atomic E-state index is 1.18. The van der Waals surface area contributed by atoms with Crippen LogP contribution in [0.1, 0.15) is 0 Å². The Morgan fingerprint density at radius 3 is 3.00 bits per heavy atom. The molecule has 3 aromatic rings. The van der Waals surface area contributed by atoms with E-state index in [2.05, 4.69) is 39.0 Å². The second-order valence-electron chi connectivity index (χ2n) is 3.19. The van der Waals surface area contributed by atoms with Crippen molar-refractivity contribution in [2.45, 2.75) is 0 Å². The number of aromatic amines is 1. The number of fused-ring (bicyclic) bond motifs is 1. The van der Waals surface area contributed by atoms with Crippen molar-refractivity contribution < 1.29 is 0 Å². The molecule has 1 N–H and O–H groups in total. The van der Waals surface area contributed by atoms with E-state index in [0.717, 1.165) is 0 Å². The summed E-state index contributed by atoms with van der Waals surface area (Å²) in [7, 11) is 0. The van der Waals surface area contributed by atoms with Crippen LogP contribution in [-0.4, -0.2) is 9.36 Å². The van der Waals surface area contributed by atoms with Crippen LogP contribution < -0.4 is 0 Å². The van der Waals surface area contributed by atoms with Crippen LogP contribution in [0.3, 0.4) is 0 Å². The predicted molar refractivity (Wildman–Crippen MR) is 59.4 cm³/mol. The highest BCUT2D eigenvalue weighted by molar-refractivity contribution is 7.03. The van der Waals surface area contributed by atoms with Gasteiger partial charge in [-0.15, -0.1) is 0 Å². The Morgan fingerprint density at radius 1 is 1.14 bits per heavy atom. The molecule has 14 heavy (non-hydrogen) atoms. The minimum Gasteiger partial charge on any atom is -0.361 e. The first-order valence-electron chi connectivity index (χ1n) is 4.40. The van der Waals surface area contributed by atoms with Gasteiger partial charge in [0, 0.05) is 28.9 Å². The zero-order chi connectivity index (χ0) is 9.38. The van der Waals surface area contributed by atoms with Crippen molar-refractivity contribution in [1.29, 1.82) is 0 Å². The van der Waals surface area contributed by atoms with Gasteiger partial charge < -0.3 is 4.98 Å². The molecule has 3 heteroatoms. The summed E-state index contributed by atoms with van der Waals surface area (Å²) in [6.45, 7) is 0. The molecule has 0 aliphatic rings. The van der Waals surface area contributed by atoms with E-state index >= 15 is 0 Å². The molecule has 0 amide bonds. The third-order valence-electron chi connectivity index (χ3n) is 2.32. The Kier molecular flexibility index (Phi) is 1.64. The summed E-state index contributed by atoms with van der Waals surface area (Å²) in [6, 6.07) is 8.47. The molecule has 0 saturated carbocycles. The number of H-pyrrole nitrogens is 1. The van der Waals surface area contributed by atoms with E-state index in [1.54, 1.807) is 0 Å². The molecule has 0 aliphatic carbocycles. The largest absolute Gasteiger partial charge is 0.361 e. The van der Waals surface area contributed by atoms with Gasteiger partial charge in [0.2, 0.25) is 0 Å². The molecule has 0 spiro atoms. The lowest BCUT2D eigenvalue weighted by Crippen LogP contribution is -1.73. The summed E-state index contributed by atoms with van der Waals surface area (Å²) in [5.41, 5.74) is 3.60. The van der Waals surface area contributed by atoms with Crippen LogP contribution in [0.15, 0.2) is 42.0 Å². The summed E-state index contributed by atoms with van der Waals surface area (Å²) < 4.78 is 4.10. The number of hydrogen-bond donors (Lipinski definition) is 1. The second-order valence-corrected chi connectivity index (χ2v) is 3.85. The monoisotopic (exact) mass is 200 g/mol. The van der Waals surface area contributed by atoms with Gasteiger partial charge in [-0.25, -0.2) is 4.37 Å². The fraction of sp³-hybridized carbons (Fsp3) is 0. The first-order valence-corrected chi connectivity index (χ1v) is 5.24. The van der Waals surface area contributed by atoms with Crippen molar-refractivity contribution in [1.82, 2.24) is 9.36 Å². The molecule has 0 aliphatic heterocycles. The average molecular weight is 200 g/mol. The van der Waals surface area contributed by atoms with E-state index in [1.165, 1.54) is 33.6 Å². The Labute approximate surface area is 85.4 Å². The van der Waals surface area contributed by atoms with E-state index in [-0.39, 0.29) is 0 Å². The molecule has 0 radical (unpaired) electrons. The van der Waals surface area contributed by atoms with Gasteiger partial charge >= 0.3 is 0 Å². The van der Waals surface area contributed by atoms with Gasteiger partial charge in [-0.1, -0.05) is 6.07 Å². The molecule has 1 aromatic carbocycles. The Hall–Kier alpha value is -1.61. The van der Waals surface area contributed by atoms with E-state index in [0.29, 0.717) is 0 Å². The van der Waals surface area contributed by atoms with Crippen LogP contribution in [-0.2, 0) is 0 Å². The van der Waals surface area contributed by atoms with Crippen LogP contribution in [0.2, 0.25) is 0 Å². The first kappa shape index (κ1) is 7.76. The lowest BCUT2D eigenvalue weighted by Gasteiger charge is -1.96. The van der Waals surface area contributed by atoms with Gasteiger partial charge in [-0.05, 0) is 40.7 Å². The van der Waals surface area contributed by atoms with Crippen molar-refractivity contribution in [3.05, 3.63) is 42.0 Å². The maximum absolute atomic E-state index is 4.10. The normalized spacial score (nSPS) is 10.9. The number of nitrogens with one attached hydrogen (secondary N) is 1. The molecule has 0 unspecified atom stereocenters. The van der Waals surface area contributed by atoms with Crippen molar-refractivity contribution in [3.8, 4) is 11.1 Å². The van der Waals surface area contributed by atoms with Crippen LogP contribution in [0.5, 0.6) is 0 Å². The summed E-state index contributed by atoms with van der Waals surface area (Å²) in [5, 5.41) is 3.31. The van der Waals surface area contributed by atoms with Gasteiger partial charge in [0.1, 0.15) is 0 Å². The van der Waals surface area contributed by atoms with Crippen molar-refractivity contribution in [2.24, 2.45) is 0 Å².